The number of nitrogens with one attached hydrogen (secondary N) is 2. The quantitative estimate of drug-likeness (QED) is 0.744. The Kier molecular flexibility index (Phi) is 7.63. The Morgan fingerprint density at radius 3 is 2.83 bits per heavy atom. The van der Waals surface area contributed by atoms with E-state index in [0.717, 1.165) is 31.4 Å². The van der Waals surface area contributed by atoms with Crippen molar-refractivity contribution in [1.82, 2.24) is 10.6 Å². The third-order valence-corrected chi connectivity index (χ3v) is 5.16. The number of thioether (sulfide) groups is 1. The van der Waals surface area contributed by atoms with E-state index >= 15 is 0 Å². The van der Waals surface area contributed by atoms with Crippen molar-refractivity contribution in [3.63, 3.8) is 0 Å². The summed E-state index contributed by atoms with van der Waals surface area (Å²) >= 11 is 1.69. The maximum Gasteiger partial charge on any atom is 0.243 e. The topological polar surface area (TPSA) is 58.2 Å². The molecule has 1 aliphatic carbocycles. The minimum atomic E-state index is -0.444. The first-order valence-corrected chi connectivity index (χ1v) is 10.2. The first-order valence-electron chi connectivity index (χ1n) is 8.82. The van der Waals surface area contributed by atoms with E-state index in [0.29, 0.717) is 12.8 Å². The molecule has 1 aromatic rings. The third-order valence-electron chi connectivity index (χ3n) is 4.52. The molecule has 0 fully saturated rings. The lowest BCUT2D eigenvalue weighted by atomic mass is 9.98. The molecule has 0 spiro atoms. The Balaban J connectivity index is 2.08. The number of hydrogen-bond donors (Lipinski definition) is 2. The van der Waals surface area contributed by atoms with Crippen molar-refractivity contribution in [1.29, 1.82) is 0 Å². The number of amides is 2. The van der Waals surface area contributed by atoms with Crippen LogP contribution in [0.5, 0.6) is 0 Å². The standard InChI is InChI=1S/C19H28N2O2S/c1-3-18(22)20-17(12-13-24-2)19(23)21-16-11-7-5-9-14-8-4-6-10-15(14)16/h4,6,8,10,16-17H,3,5,7,9,11-13H2,1-2H3,(H,20,22)(H,21,23)/t16-,17-/m1/s1. The van der Waals surface area contributed by atoms with Crippen LogP contribution in [0.3, 0.4) is 0 Å². The lowest BCUT2D eigenvalue weighted by molar-refractivity contribution is -0.129. The van der Waals surface area contributed by atoms with E-state index in [1.807, 2.05) is 12.3 Å². The summed E-state index contributed by atoms with van der Waals surface area (Å²) in [7, 11) is 0. The molecule has 2 rings (SSSR count). The van der Waals surface area contributed by atoms with Crippen molar-refractivity contribution < 1.29 is 9.59 Å². The van der Waals surface area contributed by atoms with E-state index < -0.39 is 6.04 Å². The number of benzene rings is 1. The van der Waals surface area contributed by atoms with Gasteiger partial charge in [-0.2, -0.15) is 11.8 Å². The summed E-state index contributed by atoms with van der Waals surface area (Å²) in [6.07, 6.45) is 7.37. The molecule has 0 radical (unpaired) electrons. The molecule has 132 valence electrons. The molecule has 0 saturated heterocycles. The van der Waals surface area contributed by atoms with Gasteiger partial charge in [0.15, 0.2) is 0 Å². The Labute approximate surface area is 149 Å². The third kappa shape index (κ3) is 5.26. The lowest BCUT2D eigenvalue weighted by Gasteiger charge is -2.24. The number of fused-ring (bicyclic) bond motifs is 1. The average molecular weight is 349 g/mol. The van der Waals surface area contributed by atoms with Gasteiger partial charge in [0, 0.05) is 6.42 Å². The molecule has 5 heteroatoms. The van der Waals surface area contributed by atoms with Crippen molar-refractivity contribution in [3.05, 3.63) is 35.4 Å². The molecular weight excluding hydrogens is 320 g/mol. The summed E-state index contributed by atoms with van der Waals surface area (Å²) < 4.78 is 0. The van der Waals surface area contributed by atoms with Crippen LogP contribution in [0.4, 0.5) is 0 Å². The van der Waals surface area contributed by atoms with Crippen molar-refractivity contribution in [2.24, 2.45) is 0 Å². The van der Waals surface area contributed by atoms with E-state index in [-0.39, 0.29) is 17.9 Å². The van der Waals surface area contributed by atoms with Crippen molar-refractivity contribution >= 4 is 23.6 Å². The summed E-state index contributed by atoms with van der Waals surface area (Å²) in [5.74, 6) is 0.716. The molecule has 0 aromatic heterocycles. The van der Waals surface area contributed by atoms with Crippen LogP contribution in [-0.4, -0.2) is 29.9 Å². The molecule has 0 bridgehead atoms. The van der Waals surface area contributed by atoms with Crippen LogP contribution in [0.25, 0.3) is 0 Å². The minimum absolute atomic E-state index is 0.0477. The van der Waals surface area contributed by atoms with Crippen LogP contribution in [0.1, 0.15) is 56.2 Å². The second-order valence-electron chi connectivity index (χ2n) is 6.26. The highest BCUT2D eigenvalue weighted by Crippen LogP contribution is 2.28. The van der Waals surface area contributed by atoms with Gasteiger partial charge in [-0.15, -0.1) is 0 Å². The fourth-order valence-electron chi connectivity index (χ4n) is 3.14. The predicted octanol–water partition coefficient (Wildman–Crippen LogP) is 3.22. The Hall–Kier alpha value is -1.49. The molecule has 1 aromatic carbocycles. The van der Waals surface area contributed by atoms with Gasteiger partial charge in [-0.25, -0.2) is 0 Å². The zero-order valence-corrected chi connectivity index (χ0v) is 15.5. The summed E-state index contributed by atoms with van der Waals surface area (Å²) in [6, 6.07) is 7.97. The largest absolute Gasteiger partial charge is 0.348 e. The van der Waals surface area contributed by atoms with Crippen molar-refractivity contribution in [3.8, 4) is 0 Å². The Bertz CT molecular complexity index is 562. The molecule has 24 heavy (non-hydrogen) atoms. The van der Waals surface area contributed by atoms with Crippen LogP contribution >= 0.6 is 11.8 Å². The second kappa shape index (κ2) is 9.72. The highest BCUT2D eigenvalue weighted by atomic mass is 32.2. The Morgan fingerprint density at radius 1 is 1.29 bits per heavy atom. The van der Waals surface area contributed by atoms with Gasteiger partial charge >= 0.3 is 0 Å². The van der Waals surface area contributed by atoms with Gasteiger partial charge < -0.3 is 10.6 Å². The second-order valence-corrected chi connectivity index (χ2v) is 7.25. The van der Waals surface area contributed by atoms with Gasteiger partial charge in [0.1, 0.15) is 6.04 Å². The van der Waals surface area contributed by atoms with Gasteiger partial charge in [0.2, 0.25) is 11.8 Å². The number of aryl methyl sites for hydroxylation is 1. The van der Waals surface area contributed by atoms with E-state index in [9.17, 15) is 9.59 Å². The fourth-order valence-corrected chi connectivity index (χ4v) is 3.62. The van der Waals surface area contributed by atoms with Gasteiger partial charge in [0.05, 0.1) is 6.04 Å². The predicted molar refractivity (Wildman–Crippen MR) is 100 cm³/mol. The van der Waals surface area contributed by atoms with E-state index in [4.69, 9.17) is 0 Å². The fraction of sp³-hybridized carbons (Fsp3) is 0.579. The molecule has 2 amide bonds. The summed E-state index contributed by atoms with van der Waals surface area (Å²) in [5, 5.41) is 6.06. The minimum Gasteiger partial charge on any atom is -0.348 e. The zero-order valence-electron chi connectivity index (χ0n) is 14.6. The van der Waals surface area contributed by atoms with Gasteiger partial charge in [-0.05, 0) is 48.8 Å². The molecule has 1 aliphatic rings. The highest BCUT2D eigenvalue weighted by Gasteiger charge is 2.25. The molecular formula is C19H28N2O2S. The van der Waals surface area contributed by atoms with E-state index in [2.05, 4.69) is 28.8 Å². The Morgan fingerprint density at radius 2 is 2.08 bits per heavy atom. The van der Waals surface area contributed by atoms with E-state index in [1.165, 1.54) is 11.1 Å². The summed E-state index contributed by atoms with van der Waals surface area (Å²) in [5.41, 5.74) is 2.56. The zero-order chi connectivity index (χ0) is 17.4. The van der Waals surface area contributed by atoms with Crippen LogP contribution in [0.2, 0.25) is 0 Å². The first kappa shape index (κ1) is 18.8. The highest BCUT2D eigenvalue weighted by molar-refractivity contribution is 7.98. The van der Waals surface area contributed by atoms with Crippen LogP contribution < -0.4 is 10.6 Å². The summed E-state index contributed by atoms with van der Waals surface area (Å²) in [4.78, 5) is 24.5. The van der Waals surface area contributed by atoms with Gasteiger partial charge in [0.25, 0.3) is 0 Å². The smallest absolute Gasteiger partial charge is 0.243 e. The normalized spacial score (nSPS) is 18.2. The average Bonchev–Trinajstić information content (AvgIpc) is 2.80. The van der Waals surface area contributed by atoms with Crippen LogP contribution in [0, 0.1) is 0 Å². The number of carbonyl (C=O) groups is 2. The molecule has 2 N–H and O–H groups in total. The number of rotatable bonds is 7. The molecule has 4 nitrogen and oxygen atoms in total. The maximum absolute atomic E-state index is 12.8. The molecule has 0 aliphatic heterocycles. The van der Waals surface area contributed by atoms with Gasteiger partial charge in [-0.1, -0.05) is 37.6 Å². The van der Waals surface area contributed by atoms with Crippen molar-refractivity contribution in [2.45, 2.75) is 57.5 Å². The monoisotopic (exact) mass is 348 g/mol. The van der Waals surface area contributed by atoms with E-state index in [1.54, 1.807) is 18.7 Å². The van der Waals surface area contributed by atoms with Crippen molar-refractivity contribution in [2.75, 3.05) is 12.0 Å². The SMILES string of the molecule is CCC(=O)N[C@H](CCSC)C(=O)N[C@@H]1CCCCc2ccccc21. The van der Waals surface area contributed by atoms with Gasteiger partial charge in [-0.3, -0.25) is 9.59 Å². The maximum atomic E-state index is 12.8. The molecule has 0 saturated carbocycles. The molecule has 0 heterocycles. The molecule has 0 unspecified atom stereocenters. The summed E-state index contributed by atoms with van der Waals surface area (Å²) in [6.45, 7) is 1.81. The first-order chi connectivity index (χ1) is 11.7. The molecule has 2 atom stereocenters. The number of carbonyl (C=O) groups excluding carboxylic acids is 2. The van der Waals surface area contributed by atoms with Crippen LogP contribution in [-0.2, 0) is 16.0 Å². The lowest BCUT2D eigenvalue weighted by Crippen LogP contribution is -2.47. The number of hydrogen-bond acceptors (Lipinski definition) is 3. The van der Waals surface area contributed by atoms with Crippen LogP contribution in [0.15, 0.2) is 24.3 Å².